The molecule has 33 heavy (non-hydrogen) atoms. The summed E-state index contributed by atoms with van der Waals surface area (Å²) in [5.74, 6) is -0.0858. The highest BCUT2D eigenvalue weighted by molar-refractivity contribution is 6.46. The van der Waals surface area contributed by atoms with Gasteiger partial charge in [0.15, 0.2) is 0 Å². The minimum absolute atomic E-state index is 0.0602. The van der Waals surface area contributed by atoms with Gasteiger partial charge in [0.2, 0.25) is 0 Å². The van der Waals surface area contributed by atoms with Gasteiger partial charge in [-0.25, -0.2) is 0 Å². The van der Waals surface area contributed by atoms with Gasteiger partial charge >= 0.3 is 0 Å². The molecule has 7 heteroatoms. The third-order valence-electron chi connectivity index (χ3n) is 5.94. The van der Waals surface area contributed by atoms with Crippen LogP contribution in [0.4, 0.5) is 0 Å². The number of ketones is 1. The molecule has 0 unspecified atom stereocenters. The number of Topliss-reactive ketones (excluding diaryl/α,β-unsaturated/α-hetero) is 1. The van der Waals surface area contributed by atoms with E-state index in [2.05, 4.69) is 0 Å². The molecule has 1 saturated heterocycles. The minimum atomic E-state index is -0.717. The standard InChI is InChI=1S/C26H29NO6/c1-4-32-20-8-5-7-17(15-20)23-22(25(29)26(30)27(23)11-6-12-31-3)24(28)18-9-10-21-19(14-18)13-16(2)33-21/h5,7-10,14-16,23,28H,4,6,11-13H2,1-3H3/t16-,23-/m0/s1. The number of ether oxygens (including phenoxy) is 3. The van der Waals surface area contributed by atoms with Crippen molar-refractivity contribution in [2.45, 2.75) is 38.8 Å². The molecule has 7 nitrogen and oxygen atoms in total. The Morgan fingerprint density at radius 2 is 2.03 bits per heavy atom. The van der Waals surface area contributed by atoms with Crippen LogP contribution in [0, 0.1) is 0 Å². The lowest BCUT2D eigenvalue weighted by Gasteiger charge is -2.25. The van der Waals surface area contributed by atoms with Crippen molar-refractivity contribution in [1.82, 2.24) is 4.90 Å². The highest BCUT2D eigenvalue weighted by atomic mass is 16.5. The molecular weight excluding hydrogens is 422 g/mol. The summed E-state index contributed by atoms with van der Waals surface area (Å²) in [6.45, 7) is 5.15. The minimum Gasteiger partial charge on any atom is -0.507 e. The summed E-state index contributed by atoms with van der Waals surface area (Å²) < 4.78 is 16.5. The predicted octanol–water partition coefficient (Wildman–Crippen LogP) is 3.87. The van der Waals surface area contributed by atoms with E-state index in [0.29, 0.717) is 43.1 Å². The number of amides is 1. The van der Waals surface area contributed by atoms with Crippen molar-refractivity contribution in [2.75, 3.05) is 26.9 Å². The lowest BCUT2D eigenvalue weighted by Crippen LogP contribution is -2.31. The molecule has 2 heterocycles. The van der Waals surface area contributed by atoms with E-state index >= 15 is 0 Å². The van der Waals surface area contributed by atoms with Crippen molar-refractivity contribution in [3.63, 3.8) is 0 Å². The number of rotatable bonds is 8. The second-order valence-electron chi connectivity index (χ2n) is 8.30. The zero-order chi connectivity index (χ0) is 23.5. The Kier molecular flexibility index (Phi) is 6.70. The highest BCUT2D eigenvalue weighted by Crippen LogP contribution is 2.41. The van der Waals surface area contributed by atoms with Crippen molar-refractivity contribution in [1.29, 1.82) is 0 Å². The molecule has 2 aliphatic rings. The van der Waals surface area contributed by atoms with Crippen LogP contribution in [0.3, 0.4) is 0 Å². The Labute approximate surface area is 193 Å². The first-order chi connectivity index (χ1) is 15.9. The van der Waals surface area contributed by atoms with Gasteiger partial charge in [-0.2, -0.15) is 0 Å². The van der Waals surface area contributed by atoms with Crippen LogP contribution in [0.15, 0.2) is 48.0 Å². The third-order valence-corrected chi connectivity index (χ3v) is 5.94. The summed E-state index contributed by atoms with van der Waals surface area (Å²) in [7, 11) is 1.59. The van der Waals surface area contributed by atoms with Crippen molar-refractivity contribution < 1.29 is 28.9 Å². The van der Waals surface area contributed by atoms with Crippen LogP contribution < -0.4 is 9.47 Å². The number of benzene rings is 2. The summed E-state index contributed by atoms with van der Waals surface area (Å²) in [4.78, 5) is 27.7. The summed E-state index contributed by atoms with van der Waals surface area (Å²) in [5, 5.41) is 11.3. The van der Waals surface area contributed by atoms with E-state index in [1.165, 1.54) is 4.90 Å². The van der Waals surface area contributed by atoms with Crippen LogP contribution in [0.5, 0.6) is 11.5 Å². The molecule has 0 spiro atoms. The first kappa shape index (κ1) is 22.9. The maximum Gasteiger partial charge on any atom is 0.295 e. The van der Waals surface area contributed by atoms with Gasteiger partial charge in [0.05, 0.1) is 18.2 Å². The van der Waals surface area contributed by atoms with Crippen molar-refractivity contribution in [3.05, 3.63) is 64.7 Å². The van der Waals surface area contributed by atoms with Crippen molar-refractivity contribution in [3.8, 4) is 11.5 Å². The van der Waals surface area contributed by atoms with E-state index in [9.17, 15) is 14.7 Å². The summed E-state index contributed by atoms with van der Waals surface area (Å²) in [6, 6.07) is 11.9. The molecule has 2 atom stereocenters. The Bertz CT molecular complexity index is 1090. The van der Waals surface area contributed by atoms with Crippen LogP contribution >= 0.6 is 0 Å². The smallest absolute Gasteiger partial charge is 0.295 e. The number of carbonyl (C=O) groups is 2. The Balaban J connectivity index is 1.80. The van der Waals surface area contributed by atoms with Gasteiger partial charge in [0.25, 0.3) is 11.7 Å². The van der Waals surface area contributed by atoms with Gasteiger partial charge in [-0.3, -0.25) is 9.59 Å². The van der Waals surface area contributed by atoms with E-state index in [-0.39, 0.29) is 17.4 Å². The van der Waals surface area contributed by atoms with E-state index in [4.69, 9.17) is 14.2 Å². The zero-order valence-corrected chi connectivity index (χ0v) is 19.2. The molecule has 1 fully saturated rings. The SMILES string of the molecule is CCOc1cccc([C@H]2C(=C(O)c3ccc4c(c3)C[C@H](C)O4)C(=O)C(=O)N2CCCOC)c1. The summed E-state index contributed by atoms with van der Waals surface area (Å²) in [6.07, 6.45) is 1.35. The molecule has 2 aromatic carbocycles. The topological polar surface area (TPSA) is 85.3 Å². The van der Waals surface area contributed by atoms with E-state index in [1.54, 1.807) is 19.2 Å². The molecule has 2 aliphatic heterocycles. The number of carbonyl (C=O) groups excluding carboxylic acids is 2. The average molecular weight is 452 g/mol. The quantitative estimate of drug-likeness (QED) is 0.284. The Morgan fingerprint density at radius 3 is 2.79 bits per heavy atom. The Morgan fingerprint density at radius 1 is 1.21 bits per heavy atom. The lowest BCUT2D eigenvalue weighted by atomic mass is 9.94. The molecule has 0 radical (unpaired) electrons. The number of aliphatic hydroxyl groups excluding tert-OH is 1. The molecule has 2 aromatic rings. The van der Waals surface area contributed by atoms with E-state index in [1.807, 2.05) is 44.2 Å². The largest absolute Gasteiger partial charge is 0.507 e. The molecule has 0 aliphatic carbocycles. The third kappa shape index (κ3) is 4.46. The van der Waals surface area contributed by atoms with Crippen LogP contribution in [-0.4, -0.2) is 54.7 Å². The average Bonchev–Trinajstić information content (AvgIpc) is 3.30. The van der Waals surface area contributed by atoms with Gasteiger partial charge < -0.3 is 24.2 Å². The number of nitrogens with zero attached hydrogens (tertiary/aromatic N) is 1. The van der Waals surface area contributed by atoms with Gasteiger partial charge in [-0.05, 0) is 61.7 Å². The summed E-state index contributed by atoms with van der Waals surface area (Å²) >= 11 is 0. The molecule has 174 valence electrons. The second kappa shape index (κ2) is 9.67. The molecule has 1 amide bonds. The van der Waals surface area contributed by atoms with Crippen LogP contribution in [0.1, 0.15) is 43.0 Å². The van der Waals surface area contributed by atoms with Crippen LogP contribution in [-0.2, 0) is 20.7 Å². The monoisotopic (exact) mass is 451 g/mol. The number of methoxy groups -OCH3 is 1. The van der Waals surface area contributed by atoms with Crippen LogP contribution in [0.2, 0.25) is 0 Å². The fourth-order valence-corrected chi connectivity index (χ4v) is 4.50. The maximum atomic E-state index is 13.1. The fourth-order valence-electron chi connectivity index (χ4n) is 4.50. The molecule has 0 saturated carbocycles. The normalized spacial score (nSPS) is 21.2. The van der Waals surface area contributed by atoms with E-state index < -0.39 is 17.7 Å². The molecule has 0 bridgehead atoms. The first-order valence-electron chi connectivity index (χ1n) is 11.2. The number of likely N-dealkylation sites (tertiary alicyclic amines) is 1. The zero-order valence-electron chi connectivity index (χ0n) is 19.2. The van der Waals surface area contributed by atoms with Gasteiger partial charge in [-0.1, -0.05) is 12.1 Å². The number of hydrogen-bond acceptors (Lipinski definition) is 6. The van der Waals surface area contributed by atoms with Gasteiger partial charge in [-0.15, -0.1) is 0 Å². The number of aliphatic hydroxyl groups is 1. The fraction of sp³-hybridized carbons (Fsp3) is 0.385. The first-order valence-corrected chi connectivity index (χ1v) is 11.2. The van der Waals surface area contributed by atoms with E-state index in [0.717, 1.165) is 17.7 Å². The Hall–Kier alpha value is -3.32. The molecule has 4 rings (SSSR count). The number of fused-ring (bicyclic) bond motifs is 1. The molecular formula is C26H29NO6. The van der Waals surface area contributed by atoms with Gasteiger partial charge in [0, 0.05) is 32.2 Å². The van der Waals surface area contributed by atoms with Crippen LogP contribution in [0.25, 0.3) is 5.76 Å². The second-order valence-corrected chi connectivity index (χ2v) is 8.30. The molecule has 0 aromatic heterocycles. The lowest BCUT2D eigenvalue weighted by molar-refractivity contribution is -0.140. The number of hydrogen-bond donors (Lipinski definition) is 1. The molecule has 1 N–H and O–H groups in total. The van der Waals surface area contributed by atoms with Crippen molar-refractivity contribution >= 4 is 17.4 Å². The predicted molar refractivity (Wildman–Crippen MR) is 123 cm³/mol. The maximum absolute atomic E-state index is 13.1. The highest BCUT2D eigenvalue weighted by Gasteiger charge is 2.46. The summed E-state index contributed by atoms with van der Waals surface area (Å²) in [5.41, 5.74) is 2.25. The van der Waals surface area contributed by atoms with Crippen molar-refractivity contribution in [2.24, 2.45) is 0 Å². The van der Waals surface area contributed by atoms with Gasteiger partial charge in [0.1, 0.15) is 23.4 Å².